The van der Waals surface area contributed by atoms with Crippen LogP contribution < -0.4 is 14.8 Å². The van der Waals surface area contributed by atoms with Gasteiger partial charge in [-0.3, -0.25) is 4.79 Å². The number of rotatable bonds is 9. The molecule has 2 rings (SSSR count). The SMILES string of the molecule is CCCCOC(=O)COc1ccc(C(=O)Nc2ccccc2OC)cc1. The summed E-state index contributed by atoms with van der Waals surface area (Å²) >= 11 is 0. The van der Waals surface area contributed by atoms with Crippen LogP contribution in [0, 0.1) is 0 Å². The number of carbonyl (C=O) groups excluding carboxylic acids is 2. The van der Waals surface area contributed by atoms with E-state index in [2.05, 4.69) is 5.32 Å². The second kappa shape index (κ2) is 10.1. The van der Waals surface area contributed by atoms with Crippen LogP contribution in [0.15, 0.2) is 48.5 Å². The Kier molecular flexibility index (Phi) is 7.49. The van der Waals surface area contributed by atoms with Crippen molar-refractivity contribution in [3.05, 3.63) is 54.1 Å². The summed E-state index contributed by atoms with van der Waals surface area (Å²) in [4.78, 5) is 23.8. The minimum absolute atomic E-state index is 0.156. The van der Waals surface area contributed by atoms with Crippen LogP contribution in [0.5, 0.6) is 11.5 Å². The van der Waals surface area contributed by atoms with Crippen LogP contribution in [0.25, 0.3) is 0 Å². The summed E-state index contributed by atoms with van der Waals surface area (Å²) < 4.78 is 15.6. The molecule has 0 atom stereocenters. The maximum Gasteiger partial charge on any atom is 0.344 e. The van der Waals surface area contributed by atoms with Crippen molar-refractivity contribution in [3.63, 3.8) is 0 Å². The van der Waals surface area contributed by atoms with Gasteiger partial charge in [0.1, 0.15) is 11.5 Å². The number of amides is 1. The summed E-state index contributed by atoms with van der Waals surface area (Å²) in [5, 5.41) is 2.80. The van der Waals surface area contributed by atoms with E-state index in [4.69, 9.17) is 14.2 Å². The van der Waals surface area contributed by atoms with Gasteiger partial charge in [-0.2, -0.15) is 0 Å². The number of ether oxygens (including phenoxy) is 3. The highest BCUT2D eigenvalue weighted by atomic mass is 16.6. The largest absolute Gasteiger partial charge is 0.495 e. The Labute approximate surface area is 153 Å². The Morgan fingerprint density at radius 1 is 1.04 bits per heavy atom. The van der Waals surface area contributed by atoms with E-state index >= 15 is 0 Å². The van der Waals surface area contributed by atoms with Crippen molar-refractivity contribution in [1.29, 1.82) is 0 Å². The molecular formula is C20H23NO5. The molecule has 0 saturated heterocycles. The van der Waals surface area contributed by atoms with Gasteiger partial charge < -0.3 is 19.5 Å². The first-order chi connectivity index (χ1) is 12.6. The first kappa shape index (κ1) is 19.3. The number of benzene rings is 2. The fourth-order valence-corrected chi connectivity index (χ4v) is 2.16. The molecule has 138 valence electrons. The molecule has 0 aromatic heterocycles. The minimum Gasteiger partial charge on any atom is -0.495 e. The molecule has 2 aromatic rings. The molecule has 0 aliphatic rings. The Bertz CT molecular complexity index is 727. The first-order valence-corrected chi connectivity index (χ1v) is 8.47. The normalized spacial score (nSPS) is 10.1. The molecule has 1 N–H and O–H groups in total. The van der Waals surface area contributed by atoms with Gasteiger partial charge in [0, 0.05) is 5.56 Å². The monoisotopic (exact) mass is 357 g/mol. The van der Waals surface area contributed by atoms with Crippen LogP contribution >= 0.6 is 0 Å². The minimum atomic E-state index is -0.406. The molecular weight excluding hydrogens is 334 g/mol. The van der Waals surface area contributed by atoms with Gasteiger partial charge in [-0.05, 0) is 42.8 Å². The molecule has 0 heterocycles. The quantitative estimate of drug-likeness (QED) is 0.547. The molecule has 0 radical (unpaired) electrons. The number of carbonyl (C=O) groups is 2. The molecule has 0 aliphatic heterocycles. The van der Waals surface area contributed by atoms with E-state index in [1.54, 1.807) is 43.5 Å². The molecule has 2 aromatic carbocycles. The van der Waals surface area contributed by atoms with Crippen LogP contribution in [0.1, 0.15) is 30.1 Å². The lowest BCUT2D eigenvalue weighted by atomic mass is 10.2. The zero-order valence-electron chi connectivity index (χ0n) is 15.0. The number of para-hydroxylation sites is 2. The van der Waals surface area contributed by atoms with Gasteiger partial charge >= 0.3 is 5.97 Å². The third kappa shape index (κ3) is 5.81. The van der Waals surface area contributed by atoms with Gasteiger partial charge in [-0.15, -0.1) is 0 Å². The second-order valence-corrected chi connectivity index (χ2v) is 5.54. The van der Waals surface area contributed by atoms with Crippen LogP contribution in [0.4, 0.5) is 5.69 Å². The van der Waals surface area contributed by atoms with Crippen molar-refractivity contribution in [3.8, 4) is 11.5 Å². The summed E-state index contributed by atoms with van der Waals surface area (Å²) in [6.45, 7) is 2.27. The second-order valence-electron chi connectivity index (χ2n) is 5.54. The average Bonchev–Trinajstić information content (AvgIpc) is 2.67. The lowest BCUT2D eigenvalue weighted by molar-refractivity contribution is -0.146. The smallest absolute Gasteiger partial charge is 0.344 e. The van der Waals surface area contributed by atoms with E-state index < -0.39 is 5.97 Å². The maximum absolute atomic E-state index is 12.3. The Morgan fingerprint density at radius 2 is 1.77 bits per heavy atom. The van der Waals surface area contributed by atoms with E-state index in [9.17, 15) is 9.59 Å². The number of hydrogen-bond acceptors (Lipinski definition) is 5. The topological polar surface area (TPSA) is 73.9 Å². The fourth-order valence-electron chi connectivity index (χ4n) is 2.16. The molecule has 26 heavy (non-hydrogen) atoms. The fraction of sp³-hybridized carbons (Fsp3) is 0.300. The molecule has 0 unspecified atom stereocenters. The van der Waals surface area contributed by atoms with Crippen LogP contribution in [-0.4, -0.2) is 32.2 Å². The standard InChI is InChI=1S/C20H23NO5/c1-3-4-13-25-19(22)14-26-16-11-9-15(10-12-16)20(23)21-17-7-5-6-8-18(17)24-2/h5-12H,3-4,13-14H2,1-2H3,(H,21,23). The van der Waals surface area contributed by atoms with Gasteiger partial charge in [-0.1, -0.05) is 25.5 Å². The number of esters is 1. The third-order valence-corrected chi connectivity index (χ3v) is 3.59. The summed E-state index contributed by atoms with van der Waals surface area (Å²) in [7, 11) is 1.55. The Balaban J connectivity index is 1.88. The number of hydrogen-bond donors (Lipinski definition) is 1. The molecule has 0 saturated carbocycles. The van der Waals surface area contributed by atoms with E-state index in [0.29, 0.717) is 29.4 Å². The number of methoxy groups -OCH3 is 1. The van der Waals surface area contributed by atoms with Crippen molar-refractivity contribution in [2.24, 2.45) is 0 Å². The van der Waals surface area contributed by atoms with Crippen molar-refractivity contribution in [1.82, 2.24) is 0 Å². The molecule has 1 amide bonds. The highest BCUT2D eigenvalue weighted by molar-refractivity contribution is 6.05. The van der Waals surface area contributed by atoms with Gasteiger partial charge in [0.15, 0.2) is 6.61 Å². The van der Waals surface area contributed by atoms with Gasteiger partial charge in [0.25, 0.3) is 5.91 Å². The lowest BCUT2D eigenvalue weighted by Crippen LogP contribution is -2.15. The first-order valence-electron chi connectivity index (χ1n) is 8.47. The molecule has 6 heteroatoms. The van der Waals surface area contributed by atoms with Crippen molar-refractivity contribution < 1.29 is 23.8 Å². The number of nitrogens with one attached hydrogen (secondary N) is 1. The zero-order valence-corrected chi connectivity index (χ0v) is 15.0. The number of anilines is 1. The van der Waals surface area contributed by atoms with Crippen molar-refractivity contribution >= 4 is 17.6 Å². The van der Waals surface area contributed by atoms with Crippen LogP contribution in [0.2, 0.25) is 0 Å². The van der Waals surface area contributed by atoms with E-state index in [0.717, 1.165) is 12.8 Å². The summed E-state index contributed by atoms with van der Waals surface area (Å²) in [5.74, 6) is 0.408. The lowest BCUT2D eigenvalue weighted by Gasteiger charge is -2.10. The van der Waals surface area contributed by atoms with Crippen LogP contribution in [0.3, 0.4) is 0 Å². The Hall–Kier alpha value is -3.02. The Morgan fingerprint density at radius 3 is 2.46 bits per heavy atom. The summed E-state index contributed by atoms with van der Waals surface area (Å²) in [5.41, 5.74) is 1.06. The van der Waals surface area contributed by atoms with Gasteiger partial charge in [0.2, 0.25) is 0 Å². The van der Waals surface area contributed by atoms with E-state index in [1.165, 1.54) is 0 Å². The molecule has 0 aliphatic carbocycles. The van der Waals surface area contributed by atoms with Crippen molar-refractivity contribution in [2.75, 3.05) is 25.6 Å². The summed E-state index contributed by atoms with van der Waals surface area (Å²) in [6, 6.07) is 13.7. The zero-order chi connectivity index (χ0) is 18.8. The van der Waals surface area contributed by atoms with Crippen LogP contribution in [-0.2, 0) is 9.53 Å². The highest BCUT2D eigenvalue weighted by Crippen LogP contribution is 2.24. The predicted molar refractivity (Wildman–Crippen MR) is 98.8 cm³/mol. The molecule has 0 fully saturated rings. The maximum atomic E-state index is 12.3. The molecule has 0 bridgehead atoms. The van der Waals surface area contributed by atoms with Gasteiger partial charge in [-0.25, -0.2) is 4.79 Å². The van der Waals surface area contributed by atoms with E-state index in [1.807, 2.05) is 19.1 Å². The van der Waals surface area contributed by atoms with E-state index in [-0.39, 0.29) is 12.5 Å². The predicted octanol–water partition coefficient (Wildman–Crippen LogP) is 3.67. The highest BCUT2D eigenvalue weighted by Gasteiger charge is 2.10. The summed E-state index contributed by atoms with van der Waals surface area (Å²) in [6.07, 6.45) is 1.80. The molecule has 0 spiro atoms. The average molecular weight is 357 g/mol. The third-order valence-electron chi connectivity index (χ3n) is 3.59. The van der Waals surface area contributed by atoms with Crippen molar-refractivity contribution in [2.45, 2.75) is 19.8 Å². The van der Waals surface area contributed by atoms with Gasteiger partial charge in [0.05, 0.1) is 19.4 Å². The number of unbranched alkanes of at least 4 members (excludes halogenated alkanes) is 1. The molecule has 6 nitrogen and oxygen atoms in total.